The van der Waals surface area contributed by atoms with Gasteiger partial charge < -0.3 is 10.8 Å². The van der Waals surface area contributed by atoms with Crippen LogP contribution >= 0.6 is 11.8 Å². The third-order valence-corrected chi connectivity index (χ3v) is 3.13. The van der Waals surface area contributed by atoms with Gasteiger partial charge in [-0.15, -0.1) is 0 Å². The van der Waals surface area contributed by atoms with E-state index < -0.39 is 0 Å². The number of pyridine rings is 1. The molecule has 0 aliphatic carbocycles. The minimum atomic E-state index is -0.310. The molecule has 3 N–H and O–H groups in total. The molecule has 0 amide bonds. The third kappa shape index (κ3) is 4.53. The SMILES string of the molecule is CCSCCC(O)Cc1cnccc1N. The first-order valence-corrected chi connectivity index (χ1v) is 6.33. The zero-order valence-electron chi connectivity index (χ0n) is 9.02. The van der Waals surface area contributed by atoms with Gasteiger partial charge in [0, 0.05) is 24.5 Å². The highest BCUT2D eigenvalue weighted by Gasteiger charge is 2.07. The summed E-state index contributed by atoms with van der Waals surface area (Å²) >= 11 is 1.84. The molecular formula is C11H18N2OS. The van der Waals surface area contributed by atoms with Gasteiger partial charge in [0.05, 0.1) is 6.10 Å². The van der Waals surface area contributed by atoms with Crippen molar-refractivity contribution in [3.05, 3.63) is 24.0 Å². The summed E-state index contributed by atoms with van der Waals surface area (Å²) < 4.78 is 0. The zero-order valence-corrected chi connectivity index (χ0v) is 9.83. The molecule has 0 saturated carbocycles. The van der Waals surface area contributed by atoms with Crippen molar-refractivity contribution in [3.8, 4) is 0 Å². The molecule has 0 aliphatic rings. The van der Waals surface area contributed by atoms with Crippen LogP contribution in [0, 0.1) is 0 Å². The van der Waals surface area contributed by atoms with E-state index in [9.17, 15) is 5.11 Å². The van der Waals surface area contributed by atoms with Crippen LogP contribution in [-0.4, -0.2) is 27.7 Å². The maximum absolute atomic E-state index is 9.76. The molecule has 0 bridgehead atoms. The molecule has 15 heavy (non-hydrogen) atoms. The van der Waals surface area contributed by atoms with Gasteiger partial charge in [-0.25, -0.2) is 0 Å². The summed E-state index contributed by atoms with van der Waals surface area (Å²) in [4.78, 5) is 4.00. The predicted octanol–water partition coefficient (Wildman–Crippen LogP) is 1.71. The highest BCUT2D eigenvalue weighted by Crippen LogP contribution is 2.14. The van der Waals surface area contributed by atoms with E-state index in [0.717, 1.165) is 23.5 Å². The number of anilines is 1. The molecule has 1 atom stereocenters. The van der Waals surface area contributed by atoms with E-state index in [1.54, 1.807) is 18.5 Å². The molecule has 0 fully saturated rings. The Hall–Kier alpha value is -0.740. The Morgan fingerprint density at radius 1 is 1.60 bits per heavy atom. The second-order valence-electron chi connectivity index (χ2n) is 3.42. The number of aliphatic hydroxyl groups excluding tert-OH is 1. The summed E-state index contributed by atoms with van der Waals surface area (Å²) in [5.74, 6) is 2.10. The van der Waals surface area contributed by atoms with E-state index in [-0.39, 0.29) is 6.10 Å². The summed E-state index contributed by atoms with van der Waals surface area (Å²) in [5, 5.41) is 9.76. The normalized spacial score (nSPS) is 12.7. The molecule has 1 aromatic heterocycles. The van der Waals surface area contributed by atoms with Crippen molar-refractivity contribution in [2.75, 3.05) is 17.2 Å². The second-order valence-corrected chi connectivity index (χ2v) is 4.81. The average Bonchev–Trinajstić information content (AvgIpc) is 2.22. The lowest BCUT2D eigenvalue weighted by Crippen LogP contribution is -2.13. The first kappa shape index (κ1) is 12.3. The lowest BCUT2D eigenvalue weighted by Gasteiger charge is -2.11. The van der Waals surface area contributed by atoms with Gasteiger partial charge in [0.1, 0.15) is 0 Å². The smallest absolute Gasteiger partial charge is 0.0589 e. The number of aromatic nitrogens is 1. The third-order valence-electron chi connectivity index (χ3n) is 2.20. The topological polar surface area (TPSA) is 59.1 Å². The lowest BCUT2D eigenvalue weighted by atomic mass is 10.1. The van der Waals surface area contributed by atoms with Crippen LogP contribution in [0.3, 0.4) is 0 Å². The fraction of sp³-hybridized carbons (Fsp3) is 0.545. The molecule has 1 aromatic rings. The van der Waals surface area contributed by atoms with Gasteiger partial charge in [0.15, 0.2) is 0 Å². The van der Waals surface area contributed by atoms with Gasteiger partial charge in [0.2, 0.25) is 0 Å². The predicted molar refractivity (Wildman–Crippen MR) is 66.0 cm³/mol. The maximum Gasteiger partial charge on any atom is 0.0589 e. The van der Waals surface area contributed by atoms with Crippen molar-refractivity contribution in [1.82, 2.24) is 4.98 Å². The molecule has 0 spiro atoms. The van der Waals surface area contributed by atoms with E-state index in [1.807, 2.05) is 11.8 Å². The monoisotopic (exact) mass is 226 g/mol. The number of rotatable bonds is 6. The summed E-state index contributed by atoms with van der Waals surface area (Å²) in [7, 11) is 0. The van der Waals surface area contributed by atoms with Crippen molar-refractivity contribution >= 4 is 17.4 Å². The van der Waals surface area contributed by atoms with Crippen LogP contribution < -0.4 is 5.73 Å². The molecule has 0 saturated heterocycles. The summed E-state index contributed by atoms with van der Waals surface area (Å²) in [5.41, 5.74) is 7.42. The largest absolute Gasteiger partial charge is 0.398 e. The minimum absolute atomic E-state index is 0.310. The van der Waals surface area contributed by atoms with E-state index in [4.69, 9.17) is 5.73 Å². The molecule has 3 nitrogen and oxygen atoms in total. The lowest BCUT2D eigenvalue weighted by molar-refractivity contribution is 0.172. The fourth-order valence-corrected chi connectivity index (χ4v) is 2.06. The Morgan fingerprint density at radius 2 is 2.40 bits per heavy atom. The Morgan fingerprint density at radius 3 is 3.07 bits per heavy atom. The number of nitrogen functional groups attached to an aromatic ring is 1. The number of nitrogens with zero attached hydrogens (tertiary/aromatic N) is 1. The van der Waals surface area contributed by atoms with Gasteiger partial charge in [-0.05, 0) is 29.6 Å². The van der Waals surface area contributed by atoms with Crippen LogP contribution in [0.2, 0.25) is 0 Å². The molecule has 1 rings (SSSR count). The summed E-state index contributed by atoms with van der Waals surface area (Å²) in [6.07, 6.45) is 4.50. The molecule has 0 aromatic carbocycles. The van der Waals surface area contributed by atoms with Gasteiger partial charge in [-0.1, -0.05) is 6.92 Å². The van der Waals surface area contributed by atoms with Gasteiger partial charge >= 0.3 is 0 Å². The highest BCUT2D eigenvalue weighted by molar-refractivity contribution is 7.99. The first-order valence-electron chi connectivity index (χ1n) is 5.18. The highest BCUT2D eigenvalue weighted by atomic mass is 32.2. The summed E-state index contributed by atoms with van der Waals surface area (Å²) in [6, 6.07) is 1.77. The molecule has 4 heteroatoms. The van der Waals surface area contributed by atoms with Crippen LogP contribution in [0.4, 0.5) is 5.69 Å². The molecular weight excluding hydrogens is 208 g/mol. The average molecular weight is 226 g/mol. The number of hydrogen-bond donors (Lipinski definition) is 2. The number of hydrogen-bond acceptors (Lipinski definition) is 4. The Labute approximate surface area is 95.1 Å². The van der Waals surface area contributed by atoms with E-state index in [0.29, 0.717) is 12.1 Å². The molecule has 84 valence electrons. The van der Waals surface area contributed by atoms with E-state index in [2.05, 4.69) is 11.9 Å². The molecule has 1 unspecified atom stereocenters. The van der Waals surface area contributed by atoms with Crippen molar-refractivity contribution in [3.63, 3.8) is 0 Å². The summed E-state index contributed by atoms with van der Waals surface area (Å²) in [6.45, 7) is 2.12. The van der Waals surface area contributed by atoms with E-state index >= 15 is 0 Å². The van der Waals surface area contributed by atoms with Crippen molar-refractivity contribution in [1.29, 1.82) is 0 Å². The zero-order chi connectivity index (χ0) is 11.1. The fourth-order valence-electron chi connectivity index (χ4n) is 1.33. The van der Waals surface area contributed by atoms with Crippen molar-refractivity contribution in [2.24, 2.45) is 0 Å². The minimum Gasteiger partial charge on any atom is -0.398 e. The standard InChI is InChI=1S/C11H18N2OS/c1-2-15-6-4-10(14)7-9-8-13-5-3-11(9)12/h3,5,8,10,14H,2,4,6-7H2,1H3,(H2,12,13). The van der Waals surface area contributed by atoms with Gasteiger partial charge in [-0.2, -0.15) is 11.8 Å². The quantitative estimate of drug-likeness (QED) is 0.725. The number of nitrogens with two attached hydrogens (primary N) is 1. The molecule has 0 aliphatic heterocycles. The van der Waals surface area contributed by atoms with Gasteiger partial charge in [-0.3, -0.25) is 4.98 Å². The Kier molecular flexibility index (Phi) is 5.50. The van der Waals surface area contributed by atoms with Crippen molar-refractivity contribution in [2.45, 2.75) is 25.9 Å². The molecule has 0 radical (unpaired) electrons. The second kappa shape index (κ2) is 6.69. The maximum atomic E-state index is 9.76. The number of aliphatic hydroxyl groups is 1. The number of thioether (sulfide) groups is 1. The molecule has 1 heterocycles. The van der Waals surface area contributed by atoms with Crippen LogP contribution in [-0.2, 0) is 6.42 Å². The Balaban J connectivity index is 2.37. The van der Waals surface area contributed by atoms with Crippen LogP contribution in [0.15, 0.2) is 18.5 Å². The van der Waals surface area contributed by atoms with Crippen molar-refractivity contribution < 1.29 is 5.11 Å². The first-order chi connectivity index (χ1) is 7.24. The Bertz CT molecular complexity index is 294. The van der Waals surface area contributed by atoms with Crippen LogP contribution in [0.25, 0.3) is 0 Å². The van der Waals surface area contributed by atoms with Crippen LogP contribution in [0.1, 0.15) is 18.9 Å². The van der Waals surface area contributed by atoms with E-state index in [1.165, 1.54) is 0 Å². The van der Waals surface area contributed by atoms with Crippen LogP contribution in [0.5, 0.6) is 0 Å². The van der Waals surface area contributed by atoms with Gasteiger partial charge in [0.25, 0.3) is 0 Å².